The summed E-state index contributed by atoms with van der Waals surface area (Å²) in [6.45, 7) is 0.956. The summed E-state index contributed by atoms with van der Waals surface area (Å²) in [6.07, 6.45) is 0. The number of rotatable bonds is 6. The van der Waals surface area contributed by atoms with E-state index in [1.807, 2.05) is 19.2 Å². The second-order valence-corrected chi connectivity index (χ2v) is 4.92. The highest BCUT2D eigenvalue weighted by Gasteiger charge is 2.07. The summed E-state index contributed by atoms with van der Waals surface area (Å²) < 4.78 is 5.62. The van der Waals surface area contributed by atoms with Gasteiger partial charge in [-0.3, -0.25) is 10.1 Å². The summed E-state index contributed by atoms with van der Waals surface area (Å²) in [5.41, 5.74) is 1.83. The maximum absolute atomic E-state index is 10.7. The lowest BCUT2D eigenvalue weighted by molar-refractivity contribution is -0.384. The Bertz CT molecular complexity index is 647. The molecule has 0 amide bonds. The Morgan fingerprint density at radius 2 is 2.05 bits per heavy atom. The molecule has 2 aromatic carbocycles. The van der Waals surface area contributed by atoms with E-state index in [0.717, 1.165) is 17.7 Å². The minimum atomic E-state index is -0.428. The van der Waals surface area contributed by atoms with Crippen molar-refractivity contribution in [2.45, 2.75) is 13.2 Å². The van der Waals surface area contributed by atoms with Gasteiger partial charge < -0.3 is 10.1 Å². The van der Waals surface area contributed by atoms with Gasteiger partial charge in [-0.15, -0.1) is 0 Å². The van der Waals surface area contributed by atoms with Crippen molar-refractivity contribution in [3.8, 4) is 5.75 Å². The molecule has 110 valence electrons. The highest BCUT2D eigenvalue weighted by molar-refractivity contribution is 6.32. The predicted octanol–water partition coefficient (Wildman–Crippen LogP) is 3.55. The van der Waals surface area contributed by atoms with E-state index < -0.39 is 4.92 Å². The predicted molar refractivity (Wildman–Crippen MR) is 81.6 cm³/mol. The van der Waals surface area contributed by atoms with Crippen molar-refractivity contribution < 1.29 is 9.66 Å². The molecule has 1 N–H and O–H groups in total. The number of ether oxygens (including phenoxy) is 1. The molecule has 2 aromatic rings. The molecular weight excluding hydrogens is 292 g/mol. The zero-order valence-corrected chi connectivity index (χ0v) is 12.3. The van der Waals surface area contributed by atoms with Gasteiger partial charge in [0.15, 0.2) is 0 Å². The second-order valence-electron chi connectivity index (χ2n) is 4.51. The number of non-ortho nitro benzene ring substituents is 1. The number of benzene rings is 2. The SMILES string of the molecule is CNCc1ccc(OCc2cccc([N+](=O)[O-])c2)c(Cl)c1. The first-order valence-electron chi connectivity index (χ1n) is 6.39. The van der Waals surface area contributed by atoms with E-state index in [1.54, 1.807) is 18.2 Å². The third-order valence-corrected chi connectivity index (χ3v) is 3.19. The topological polar surface area (TPSA) is 64.4 Å². The molecule has 0 aliphatic heterocycles. The van der Waals surface area contributed by atoms with Crippen molar-refractivity contribution in [1.82, 2.24) is 5.32 Å². The Kier molecular flexibility index (Phi) is 5.14. The van der Waals surface area contributed by atoms with E-state index in [1.165, 1.54) is 12.1 Å². The summed E-state index contributed by atoms with van der Waals surface area (Å²) in [6, 6.07) is 11.9. The molecule has 0 aromatic heterocycles. The summed E-state index contributed by atoms with van der Waals surface area (Å²) >= 11 is 6.15. The highest BCUT2D eigenvalue weighted by atomic mass is 35.5. The van der Waals surface area contributed by atoms with Crippen LogP contribution in [0.5, 0.6) is 5.75 Å². The Balaban J connectivity index is 2.06. The molecule has 0 aliphatic carbocycles. The molecule has 0 unspecified atom stereocenters. The molecule has 0 spiro atoms. The maximum atomic E-state index is 10.7. The van der Waals surface area contributed by atoms with Crippen molar-refractivity contribution >= 4 is 17.3 Å². The van der Waals surface area contributed by atoms with Crippen molar-refractivity contribution in [3.63, 3.8) is 0 Å². The highest BCUT2D eigenvalue weighted by Crippen LogP contribution is 2.26. The maximum Gasteiger partial charge on any atom is 0.269 e. The van der Waals surface area contributed by atoms with Gasteiger partial charge in [0.05, 0.1) is 9.95 Å². The fourth-order valence-corrected chi connectivity index (χ4v) is 2.15. The van der Waals surface area contributed by atoms with Gasteiger partial charge in [-0.2, -0.15) is 0 Å². The number of hydrogen-bond acceptors (Lipinski definition) is 4. The Labute approximate surface area is 127 Å². The number of nitro benzene ring substituents is 1. The lowest BCUT2D eigenvalue weighted by Crippen LogP contribution is -2.05. The molecule has 0 radical (unpaired) electrons. The van der Waals surface area contributed by atoms with Gasteiger partial charge in [-0.1, -0.05) is 29.8 Å². The zero-order valence-electron chi connectivity index (χ0n) is 11.5. The lowest BCUT2D eigenvalue weighted by atomic mass is 10.2. The lowest BCUT2D eigenvalue weighted by Gasteiger charge is -2.09. The molecule has 6 heteroatoms. The van der Waals surface area contributed by atoms with Crippen molar-refractivity contribution in [1.29, 1.82) is 0 Å². The molecule has 0 bridgehead atoms. The van der Waals surface area contributed by atoms with Gasteiger partial charge in [0.2, 0.25) is 0 Å². The molecule has 0 saturated heterocycles. The third kappa shape index (κ3) is 4.18. The number of halogens is 1. The average molecular weight is 307 g/mol. The average Bonchev–Trinajstić information content (AvgIpc) is 2.47. The number of nitro groups is 1. The first kappa shape index (κ1) is 15.3. The normalized spacial score (nSPS) is 10.4. The monoisotopic (exact) mass is 306 g/mol. The largest absolute Gasteiger partial charge is 0.487 e. The van der Waals surface area contributed by atoms with Crippen LogP contribution >= 0.6 is 11.6 Å². The van der Waals surface area contributed by atoms with Gasteiger partial charge in [-0.25, -0.2) is 0 Å². The van der Waals surface area contributed by atoms with Crippen LogP contribution < -0.4 is 10.1 Å². The van der Waals surface area contributed by atoms with Gasteiger partial charge in [0, 0.05) is 18.7 Å². The number of nitrogens with zero attached hydrogens (tertiary/aromatic N) is 1. The standard InChI is InChI=1S/C15H15ClN2O3/c1-17-9-11-5-6-15(14(16)8-11)21-10-12-3-2-4-13(7-12)18(19)20/h2-8,17H,9-10H2,1H3. The van der Waals surface area contributed by atoms with Gasteiger partial charge >= 0.3 is 0 Å². The van der Waals surface area contributed by atoms with Gasteiger partial charge in [-0.05, 0) is 30.3 Å². The van der Waals surface area contributed by atoms with Crippen LogP contribution in [0.1, 0.15) is 11.1 Å². The van der Waals surface area contributed by atoms with E-state index in [2.05, 4.69) is 5.32 Å². The van der Waals surface area contributed by atoms with Gasteiger partial charge in [0.1, 0.15) is 12.4 Å². The van der Waals surface area contributed by atoms with E-state index in [-0.39, 0.29) is 12.3 Å². The van der Waals surface area contributed by atoms with E-state index >= 15 is 0 Å². The van der Waals surface area contributed by atoms with E-state index in [0.29, 0.717) is 10.8 Å². The molecule has 0 fully saturated rings. The summed E-state index contributed by atoms with van der Waals surface area (Å²) in [4.78, 5) is 10.3. The summed E-state index contributed by atoms with van der Waals surface area (Å²) in [5, 5.41) is 14.3. The van der Waals surface area contributed by atoms with Crippen LogP contribution in [0.2, 0.25) is 5.02 Å². The summed E-state index contributed by atoms with van der Waals surface area (Å²) in [5.74, 6) is 0.558. The molecule has 0 atom stereocenters. The molecule has 0 heterocycles. The summed E-state index contributed by atoms with van der Waals surface area (Å²) in [7, 11) is 1.86. The number of hydrogen-bond donors (Lipinski definition) is 1. The molecule has 21 heavy (non-hydrogen) atoms. The fraction of sp³-hybridized carbons (Fsp3) is 0.200. The van der Waals surface area contributed by atoms with Crippen LogP contribution in [0.25, 0.3) is 0 Å². The third-order valence-electron chi connectivity index (χ3n) is 2.89. The second kappa shape index (κ2) is 7.06. The van der Waals surface area contributed by atoms with Crippen LogP contribution in [0.3, 0.4) is 0 Å². The Morgan fingerprint density at radius 3 is 2.71 bits per heavy atom. The minimum Gasteiger partial charge on any atom is -0.487 e. The van der Waals surface area contributed by atoms with Crippen molar-refractivity contribution in [2.75, 3.05) is 7.05 Å². The first-order valence-corrected chi connectivity index (χ1v) is 6.77. The number of nitrogens with one attached hydrogen (secondary N) is 1. The van der Waals surface area contributed by atoms with Crippen LogP contribution in [0.4, 0.5) is 5.69 Å². The fourth-order valence-electron chi connectivity index (χ4n) is 1.90. The van der Waals surface area contributed by atoms with Crippen molar-refractivity contribution in [2.24, 2.45) is 0 Å². The van der Waals surface area contributed by atoms with Gasteiger partial charge in [0.25, 0.3) is 5.69 Å². The molecule has 0 aliphatic rings. The van der Waals surface area contributed by atoms with Crippen LogP contribution in [-0.4, -0.2) is 12.0 Å². The Hall–Kier alpha value is -2.11. The molecule has 5 nitrogen and oxygen atoms in total. The first-order chi connectivity index (χ1) is 10.1. The van der Waals surface area contributed by atoms with Crippen LogP contribution in [-0.2, 0) is 13.2 Å². The smallest absolute Gasteiger partial charge is 0.269 e. The van der Waals surface area contributed by atoms with Crippen LogP contribution in [0.15, 0.2) is 42.5 Å². The van der Waals surface area contributed by atoms with E-state index in [4.69, 9.17) is 16.3 Å². The quantitative estimate of drug-likeness (QED) is 0.655. The van der Waals surface area contributed by atoms with Crippen LogP contribution in [0, 0.1) is 10.1 Å². The zero-order chi connectivity index (χ0) is 15.2. The molecule has 2 rings (SSSR count). The van der Waals surface area contributed by atoms with E-state index in [9.17, 15) is 10.1 Å². The molecular formula is C15H15ClN2O3. The minimum absolute atomic E-state index is 0.0477. The molecule has 0 saturated carbocycles. The Morgan fingerprint density at radius 1 is 1.24 bits per heavy atom. The van der Waals surface area contributed by atoms with Crippen molar-refractivity contribution in [3.05, 3.63) is 68.7 Å².